The van der Waals surface area contributed by atoms with Crippen LogP contribution in [0.1, 0.15) is 17.8 Å². The number of hydrogen-bond acceptors (Lipinski definition) is 5. The van der Waals surface area contributed by atoms with Crippen molar-refractivity contribution in [3.8, 4) is 5.69 Å². The minimum Gasteiger partial charge on any atom is -0.384 e. The minimum absolute atomic E-state index is 0.302. The first-order valence-electron chi connectivity index (χ1n) is 8.17. The van der Waals surface area contributed by atoms with Crippen molar-refractivity contribution < 1.29 is 9.50 Å². The van der Waals surface area contributed by atoms with Crippen LogP contribution >= 0.6 is 0 Å². The Kier molecular flexibility index (Phi) is 4.03. The van der Waals surface area contributed by atoms with Gasteiger partial charge in [0.1, 0.15) is 11.4 Å². The van der Waals surface area contributed by atoms with Gasteiger partial charge in [-0.15, -0.1) is 5.10 Å². The van der Waals surface area contributed by atoms with Crippen LogP contribution in [-0.4, -0.2) is 43.3 Å². The molecule has 1 aliphatic rings. The van der Waals surface area contributed by atoms with E-state index in [-0.39, 0.29) is 5.82 Å². The van der Waals surface area contributed by atoms with Crippen LogP contribution in [0.4, 0.5) is 4.39 Å². The Balaban J connectivity index is 1.51. The zero-order valence-corrected chi connectivity index (χ0v) is 13.6. The molecule has 0 saturated carbocycles. The van der Waals surface area contributed by atoms with E-state index >= 15 is 0 Å². The number of aromatic nitrogens is 4. The van der Waals surface area contributed by atoms with Gasteiger partial charge in [-0.05, 0) is 46.7 Å². The van der Waals surface area contributed by atoms with E-state index < -0.39 is 5.60 Å². The lowest BCUT2D eigenvalue weighted by molar-refractivity contribution is 0.0449. The number of rotatable bonds is 4. The lowest BCUT2D eigenvalue weighted by atomic mass is 9.93. The summed E-state index contributed by atoms with van der Waals surface area (Å²) in [6, 6.07) is 15.7. The Bertz CT molecular complexity index is 851. The number of likely N-dealkylation sites (tertiary alicyclic amines) is 1. The molecule has 0 bridgehead atoms. The SMILES string of the molecule is OC1(c2ccc(F)cc2)CCN(Cc2nnnn2-c2ccccc2)C1. The lowest BCUT2D eigenvalue weighted by Crippen LogP contribution is -2.31. The number of hydrogen-bond donors (Lipinski definition) is 1. The summed E-state index contributed by atoms with van der Waals surface area (Å²) in [5, 5.41) is 22.9. The van der Waals surface area contributed by atoms with E-state index in [0.29, 0.717) is 19.5 Å². The van der Waals surface area contributed by atoms with E-state index in [0.717, 1.165) is 23.6 Å². The van der Waals surface area contributed by atoms with Crippen LogP contribution in [0, 0.1) is 5.82 Å². The Morgan fingerprint density at radius 1 is 1.08 bits per heavy atom. The van der Waals surface area contributed by atoms with E-state index in [1.807, 2.05) is 30.3 Å². The number of benzene rings is 2. The molecule has 1 saturated heterocycles. The van der Waals surface area contributed by atoms with E-state index in [1.165, 1.54) is 12.1 Å². The maximum absolute atomic E-state index is 13.1. The summed E-state index contributed by atoms with van der Waals surface area (Å²) in [6.45, 7) is 1.71. The van der Waals surface area contributed by atoms with Gasteiger partial charge in [-0.3, -0.25) is 4.90 Å². The second kappa shape index (κ2) is 6.34. The first kappa shape index (κ1) is 15.9. The second-order valence-electron chi connectivity index (χ2n) is 6.34. The average Bonchev–Trinajstić information content (AvgIpc) is 3.24. The summed E-state index contributed by atoms with van der Waals surface area (Å²) >= 11 is 0. The molecule has 7 heteroatoms. The molecule has 1 N–H and O–H groups in total. The van der Waals surface area contributed by atoms with E-state index in [1.54, 1.807) is 16.8 Å². The van der Waals surface area contributed by atoms with Crippen LogP contribution < -0.4 is 0 Å². The summed E-state index contributed by atoms with van der Waals surface area (Å²) in [5.74, 6) is 0.416. The molecule has 6 nitrogen and oxygen atoms in total. The van der Waals surface area contributed by atoms with E-state index in [9.17, 15) is 9.50 Å². The zero-order chi connectivity index (χ0) is 17.3. The van der Waals surface area contributed by atoms with Crippen molar-refractivity contribution in [1.29, 1.82) is 0 Å². The summed E-state index contributed by atoms with van der Waals surface area (Å²) < 4.78 is 14.8. The van der Waals surface area contributed by atoms with Crippen LogP contribution in [0.2, 0.25) is 0 Å². The van der Waals surface area contributed by atoms with Crippen LogP contribution in [0.3, 0.4) is 0 Å². The van der Waals surface area contributed by atoms with E-state index in [2.05, 4.69) is 20.4 Å². The maximum Gasteiger partial charge on any atom is 0.170 e. The normalized spacial score (nSPS) is 20.9. The lowest BCUT2D eigenvalue weighted by Gasteiger charge is -2.23. The molecule has 2 heterocycles. The molecule has 25 heavy (non-hydrogen) atoms. The van der Waals surface area contributed by atoms with Gasteiger partial charge in [0.2, 0.25) is 0 Å². The van der Waals surface area contributed by atoms with Crippen molar-refractivity contribution >= 4 is 0 Å². The van der Waals surface area contributed by atoms with Gasteiger partial charge in [0.25, 0.3) is 0 Å². The van der Waals surface area contributed by atoms with Gasteiger partial charge >= 0.3 is 0 Å². The fourth-order valence-electron chi connectivity index (χ4n) is 3.28. The Hall–Kier alpha value is -2.64. The van der Waals surface area contributed by atoms with Crippen molar-refractivity contribution in [2.45, 2.75) is 18.6 Å². The van der Waals surface area contributed by atoms with Gasteiger partial charge in [-0.1, -0.05) is 30.3 Å². The smallest absolute Gasteiger partial charge is 0.170 e. The Morgan fingerprint density at radius 3 is 2.60 bits per heavy atom. The summed E-state index contributed by atoms with van der Waals surface area (Å²) in [7, 11) is 0. The highest BCUT2D eigenvalue weighted by Gasteiger charge is 2.38. The largest absolute Gasteiger partial charge is 0.384 e. The molecular weight excluding hydrogens is 321 g/mol. The molecule has 0 radical (unpaired) electrons. The molecule has 1 aromatic heterocycles. The summed E-state index contributed by atoms with van der Waals surface area (Å²) in [4.78, 5) is 2.11. The predicted octanol–water partition coefficient (Wildman–Crippen LogP) is 1.89. The van der Waals surface area contributed by atoms with Crippen LogP contribution in [0.15, 0.2) is 54.6 Å². The van der Waals surface area contributed by atoms with Gasteiger partial charge < -0.3 is 5.11 Å². The molecular formula is C18H18FN5O. The van der Waals surface area contributed by atoms with E-state index in [4.69, 9.17) is 0 Å². The Labute approximate surface area is 144 Å². The van der Waals surface area contributed by atoms with Gasteiger partial charge in [-0.25, -0.2) is 4.39 Å². The average molecular weight is 339 g/mol. The number of nitrogens with zero attached hydrogens (tertiary/aromatic N) is 5. The highest BCUT2D eigenvalue weighted by Crippen LogP contribution is 2.32. The van der Waals surface area contributed by atoms with Crippen molar-refractivity contribution in [2.75, 3.05) is 13.1 Å². The second-order valence-corrected chi connectivity index (χ2v) is 6.34. The third-order valence-corrected chi connectivity index (χ3v) is 4.61. The third-order valence-electron chi connectivity index (χ3n) is 4.61. The topological polar surface area (TPSA) is 67.1 Å². The van der Waals surface area contributed by atoms with Crippen molar-refractivity contribution in [3.05, 3.63) is 71.8 Å². The molecule has 1 fully saturated rings. The first-order chi connectivity index (χ1) is 12.1. The molecule has 1 atom stereocenters. The van der Waals surface area contributed by atoms with Crippen molar-refractivity contribution in [1.82, 2.24) is 25.1 Å². The molecule has 1 aliphatic heterocycles. The number of halogens is 1. The monoisotopic (exact) mass is 339 g/mol. The van der Waals surface area contributed by atoms with Gasteiger partial charge in [-0.2, -0.15) is 4.68 Å². The predicted molar refractivity (Wildman–Crippen MR) is 89.3 cm³/mol. The first-order valence-corrected chi connectivity index (χ1v) is 8.17. The molecule has 1 unspecified atom stereocenters. The van der Waals surface area contributed by atoms with Crippen LogP contribution in [0.5, 0.6) is 0 Å². The highest BCUT2D eigenvalue weighted by atomic mass is 19.1. The van der Waals surface area contributed by atoms with Gasteiger partial charge in [0.05, 0.1) is 12.2 Å². The molecule has 4 rings (SSSR count). The van der Waals surface area contributed by atoms with Gasteiger partial charge in [0, 0.05) is 13.1 Å². The summed E-state index contributed by atoms with van der Waals surface area (Å²) in [5.41, 5.74) is 0.660. The van der Waals surface area contributed by atoms with Gasteiger partial charge in [0.15, 0.2) is 5.82 Å². The standard InChI is InChI=1S/C18H18FN5O/c19-15-8-6-14(7-9-15)18(25)10-11-23(13-18)12-17-20-21-22-24(17)16-4-2-1-3-5-16/h1-9,25H,10-13H2. The summed E-state index contributed by atoms with van der Waals surface area (Å²) in [6.07, 6.45) is 0.589. The number of para-hydroxylation sites is 1. The van der Waals surface area contributed by atoms with Crippen molar-refractivity contribution in [2.24, 2.45) is 0 Å². The molecule has 0 amide bonds. The number of β-amino-alcohol motifs (C(OH)–C–C–N with tert-alkyl or cyclic N) is 1. The number of tetrazole rings is 1. The Morgan fingerprint density at radius 2 is 1.84 bits per heavy atom. The fraction of sp³-hybridized carbons (Fsp3) is 0.278. The third kappa shape index (κ3) is 3.16. The van der Waals surface area contributed by atoms with Crippen LogP contribution in [-0.2, 0) is 12.1 Å². The minimum atomic E-state index is -0.973. The number of aliphatic hydroxyl groups is 1. The quantitative estimate of drug-likeness (QED) is 0.786. The van der Waals surface area contributed by atoms with Crippen molar-refractivity contribution in [3.63, 3.8) is 0 Å². The maximum atomic E-state index is 13.1. The fourth-order valence-corrected chi connectivity index (χ4v) is 3.28. The van der Waals surface area contributed by atoms with Crippen LogP contribution in [0.25, 0.3) is 5.69 Å². The highest BCUT2D eigenvalue weighted by molar-refractivity contribution is 5.30. The molecule has 128 valence electrons. The molecule has 2 aromatic carbocycles. The molecule has 0 spiro atoms. The molecule has 0 aliphatic carbocycles. The molecule has 3 aromatic rings. The zero-order valence-electron chi connectivity index (χ0n) is 13.6.